The van der Waals surface area contributed by atoms with Crippen LogP contribution < -0.4 is 10.1 Å². The minimum absolute atomic E-state index is 0.601. The van der Waals surface area contributed by atoms with Gasteiger partial charge in [-0.15, -0.1) is 0 Å². The van der Waals surface area contributed by atoms with Crippen molar-refractivity contribution in [3.8, 4) is 5.88 Å². The highest BCUT2D eigenvalue weighted by atomic mass is 16.5. The van der Waals surface area contributed by atoms with Crippen molar-refractivity contribution in [1.82, 2.24) is 10.3 Å². The van der Waals surface area contributed by atoms with Gasteiger partial charge in [-0.25, -0.2) is 4.98 Å². The van der Waals surface area contributed by atoms with Crippen molar-refractivity contribution in [3.05, 3.63) is 35.0 Å². The van der Waals surface area contributed by atoms with Gasteiger partial charge in [0, 0.05) is 17.8 Å². The fourth-order valence-corrected chi connectivity index (χ4v) is 2.84. The van der Waals surface area contributed by atoms with E-state index >= 15 is 0 Å². The molecular weight excluding hydrogens is 260 g/mol. The van der Waals surface area contributed by atoms with Crippen LogP contribution in [0.15, 0.2) is 18.2 Å². The first-order valence-electron chi connectivity index (χ1n) is 8.07. The first-order chi connectivity index (χ1) is 10.1. The summed E-state index contributed by atoms with van der Waals surface area (Å²) in [5, 5.41) is 3.38. The number of allylic oxidation sites excluding steroid dienone is 2. The summed E-state index contributed by atoms with van der Waals surface area (Å²) in [6.45, 7) is 11.1. The highest BCUT2D eigenvalue weighted by Crippen LogP contribution is 2.27. The molecule has 0 spiro atoms. The Labute approximate surface area is 128 Å². The fraction of sp³-hybridized carbons (Fsp3) is 0.611. The Balaban J connectivity index is 2.08. The van der Waals surface area contributed by atoms with E-state index in [0.29, 0.717) is 11.8 Å². The quantitative estimate of drug-likeness (QED) is 0.809. The average Bonchev–Trinajstić information content (AvgIpc) is 2.45. The molecule has 2 atom stereocenters. The van der Waals surface area contributed by atoms with Crippen LogP contribution in [0.4, 0.5) is 0 Å². The number of hydrogen-bond acceptors (Lipinski definition) is 3. The SMILES string of the molecule is CCNCc1c(C)cc(C)nc1OCC1CC=CCC1C. The van der Waals surface area contributed by atoms with Crippen molar-refractivity contribution in [2.75, 3.05) is 13.2 Å². The lowest BCUT2D eigenvalue weighted by atomic mass is 9.85. The number of aryl methyl sites for hydroxylation is 2. The smallest absolute Gasteiger partial charge is 0.218 e. The van der Waals surface area contributed by atoms with Gasteiger partial charge in [-0.05, 0) is 56.7 Å². The lowest BCUT2D eigenvalue weighted by Crippen LogP contribution is -2.22. The molecule has 1 aromatic heterocycles. The zero-order chi connectivity index (χ0) is 15.2. The van der Waals surface area contributed by atoms with Crippen LogP contribution in [0.5, 0.6) is 5.88 Å². The number of nitrogens with zero attached hydrogens (tertiary/aromatic N) is 1. The molecule has 0 saturated heterocycles. The van der Waals surface area contributed by atoms with Crippen LogP contribution in [0, 0.1) is 25.7 Å². The Morgan fingerprint density at radius 3 is 2.76 bits per heavy atom. The summed E-state index contributed by atoms with van der Waals surface area (Å²) in [6.07, 6.45) is 6.85. The van der Waals surface area contributed by atoms with E-state index in [0.717, 1.165) is 37.7 Å². The molecule has 116 valence electrons. The molecule has 0 fully saturated rings. The molecule has 3 nitrogen and oxygen atoms in total. The second-order valence-electron chi connectivity index (χ2n) is 6.14. The zero-order valence-electron chi connectivity index (χ0n) is 13.8. The van der Waals surface area contributed by atoms with Crippen molar-refractivity contribution in [2.45, 2.75) is 47.1 Å². The highest BCUT2D eigenvalue weighted by Gasteiger charge is 2.20. The molecule has 1 aliphatic carbocycles. The molecule has 0 amide bonds. The van der Waals surface area contributed by atoms with E-state index in [-0.39, 0.29) is 0 Å². The van der Waals surface area contributed by atoms with Gasteiger partial charge in [0.15, 0.2) is 0 Å². The van der Waals surface area contributed by atoms with Crippen LogP contribution in [-0.2, 0) is 6.54 Å². The molecule has 3 heteroatoms. The van der Waals surface area contributed by atoms with E-state index in [1.165, 1.54) is 17.5 Å². The lowest BCUT2D eigenvalue weighted by molar-refractivity contribution is 0.190. The maximum absolute atomic E-state index is 6.12. The fourth-order valence-electron chi connectivity index (χ4n) is 2.84. The summed E-state index contributed by atoms with van der Waals surface area (Å²) in [5.41, 5.74) is 3.48. The van der Waals surface area contributed by atoms with Gasteiger partial charge < -0.3 is 10.1 Å². The molecule has 1 aromatic rings. The summed E-state index contributed by atoms with van der Waals surface area (Å²) in [6, 6.07) is 2.13. The maximum atomic E-state index is 6.12. The third kappa shape index (κ3) is 4.31. The van der Waals surface area contributed by atoms with Crippen LogP contribution in [0.3, 0.4) is 0 Å². The van der Waals surface area contributed by atoms with Gasteiger partial charge in [-0.3, -0.25) is 0 Å². The van der Waals surface area contributed by atoms with Crippen molar-refractivity contribution >= 4 is 0 Å². The average molecular weight is 288 g/mol. The Morgan fingerprint density at radius 1 is 1.29 bits per heavy atom. The summed E-state index contributed by atoms with van der Waals surface area (Å²) in [5.74, 6) is 2.11. The van der Waals surface area contributed by atoms with Crippen LogP contribution in [0.25, 0.3) is 0 Å². The number of nitrogens with one attached hydrogen (secondary N) is 1. The largest absolute Gasteiger partial charge is 0.477 e. The number of aromatic nitrogens is 1. The van der Waals surface area contributed by atoms with Gasteiger partial charge in [0.2, 0.25) is 5.88 Å². The summed E-state index contributed by atoms with van der Waals surface area (Å²) in [4.78, 5) is 4.62. The molecule has 0 saturated carbocycles. The number of ether oxygens (including phenoxy) is 1. The van der Waals surface area contributed by atoms with Gasteiger partial charge in [0.25, 0.3) is 0 Å². The summed E-state index contributed by atoms with van der Waals surface area (Å²) < 4.78 is 6.12. The Morgan fingerprint density at radius 2 is 2.05 bits per heavy atom. The van der Waals surface area contributed by atoms with E-state index in [4.69, 9.17) is 4.74 Å². The number of hydrogen-bond donors (Lipinski definition) is 1. The lowest BCUT2D eigenvalue weighted by Gasteiger charge is -2.25. The zero-order valence-corrected chi connectivity index (χ0v) is 13.8. The first kappa shape index (κ1) is 16.0. The van der Waals surface area contributed by atoms with E-state index in [1.54, 1.807) is 0 Å². The van der Waals surface area contributed by atoms with E-state index in [9.17, 15) is 0 Å². The topological polar surface area (TPSA) is 34.2 Å². The normalized spacial score (nSPS) is 21.5. The number of pyridine rings is 1. The third-order valence-electron chi connectivity index (χ3n) is 4.34. The predicted molar refractivity (Wildman–Crippen MR) is 87.6 cm³/mol. The van der Waals surface area contributed by atoms with Gasteiger partial charge in [-0.2, -0.15) is 0 Å². The second-order valence-corrected chi connectivity index (χ2v) is 6.14. The Bertz CT molecular complexity index is 496. The Kier molecular flexibility index (Phi) is 5.80. The molecule has 2 unspecified atom stereocenters. The Hall–Kier alpha value is -1.35. The van der Waals surface area contributed by atoms with Crippen molar-refractivity contribution in [1.29, 1.82) is 0 Å². The van der Waals surface area contributed by atoms with Gasteiger partial charge in [0.05, 0.1) is 6.61 Å². The van der Waals surface area contributed by atoms with E-state index < -0.39 is 0 Å². The maximum Gasteiger partial charge on any atom is 0.218 e. The second kappa shape index (κ2) is 7.60. The van der Waals surface area contributed by atoms with Gasteiger partial charge in [-0.1, -0.05) is 26.0 Å². The van der Waals surface area contributed by atoms with Crippen LogP contribution in [0.2, 0.25) is 0 Å². The molecule has 1 N–H and O–H groups in total. The molecule has 1 aliphatic rings. The monoisotopic (exact) mass is 288 g/mol. The van der Waals surface area contributed by atoms with Crippen LogP contribution in [0.1, 0.15) is 43.5 Å². The van der Waals surface area contributed by atoms with E-state index in [1.807, 2.05) is 6.92 Å². The highest BCUT2D eigenvalue weighted by molar-refractivity contribution is 5.35. The summed E-state index contributed by atoms with van der Waals surface area (Å²) >= 11 is 0. The van der Waals surface area contributed by atoms with Crippen molar-refractivity contribution < 1.29 is 4.74 Å². The van der Waals surface area contributed by atoms with Gasteiger partial charge >= 0.3 is 0 Å². The first-order valence-corrected chi connectivity index (χ1v) is 8.07. The molecular formula is C18H28N2O. The molecule has 0 aromatic carbocycles. The molecule has 2 rings (SSSR count). The molecule has 1 heterocycles. The molecule has 0 bridgehead atoms. The van der Waals surface area contributed by atoms with Crippen LogP contribution >= 0.6 is 0 Å². The van der Waals surface area contributed by atoms with E-state index in [2.05, 4.69) is 49.3 Å². The van der Waals surface area contributed by atoms with Crippen LogP contribution in [-0.4, -0.2) is 18.1 Å². The van der Waals surface area contributed by atoms with Crippen molar-refractivity contribution in [3.63, 3.8) is 0 Å². The summed E-state index contributed by atoms with van der Waals surface area (Å²) in [7, 11) is 0. The third-order valence-corrected chi connectivity index (χ3v) is 4.34. The number of rotatable bonds is 6. The molecule has 0 radical (unpaired) electrons. The minimum atomic E-state index is 0.601. The van der Waals surface area contributed by atoms with Crippen molar-refractivity contribution in [2.24, 2.45) is 11.8 Å². The standard InChI is InChI=1S/C18H28N2O/c1-5-19-11-17-14(3)10-15(4)20-18(17)21-12-16-9-7-6-8-13(16)2/h6-7,10,13,16,19H,5,8-9,11-12H2,1-4H3. The minimum Gasteiger partial charge on any atom is -0.477 e. The van der Waals surface area contributed by atoms with Gasteiger partial charge in [0.1, 0.15) is 0 Å². The molecule has 0 aliphatic heterocycles. The predicted octanol–water partition coefficient (Wildman–Crippen LogP) is 3.79. The molecule has 21 heavy (non-hydrogen) atoms.